The maximum Gasteiger partial charge on any atom is 0.203 e. The van der Waals surface area contributed by atoms with Crippen molar-refractivity contribution in [2.45, 2.75) is 32.1 Å². The fourth-order valence-electron chi connectivity index (χ4n) is 2.58. The molecule has 0 fully saturated rings. The first-order valence-electron chi connectivity index (χ1n) is 7.39. The summed E-state index contributed by atoms with van der Waals surface area (Å²) in [6, 6.07) is 14.4. The summed E-state index contributed by atoms with van der Waals surface area (Å²) in [5.41, 5.74) is 2.73. The molecule has 0 aliphatic heterocycles. The zero-order valence-corrected chi connectivity index (χ0v) is 12.1. The lowest BCUT2D eigenvalue weighted by Gasteiger charge is -2.13. The lowest BCUT2D eigenvalue weighted by Crippen LogP contribution is -2.02. The molecule has 2 aromatic carbocycles. The van der Waals surface area contributed by atoms with Crippen LogP contribution in [0.4, 0.5) is 4.39 Å². The lowest BCUT2D eigenvalue weighted by atomic mass is 9.93. The molecule has 0 aliphatic rings. The molecule has 3 aromatic rings. The van der Waals surface area contributed by atoms with Crippen molar-refractivity contribution in [2.24, 2.45) is 0 Å². The van der Waals surface area contributed by atoms with Crippen LogP contribution >= 0.6 is 0 Å². The zero-order valence-electron chi connectivity index (χ0n) is 12.1. The third kappa shape index (κ3) is 2.97. The summed E-state index contributed by atoms with van der Waals surface area (Å²) < 4.78 is 19.0. The predicted octanol–water partition coefficient (Wildman–Crippen LogP) is 5.29. The molecule has 2 nitrogen and oxygen atoms in total. The van der Waals surface area contributed by atoms with Crippen LogP contribution in [0.5, 0.6) is 0 Å². The number of halogens is 1. The average molecular weight is 283 g/mol. The predicted molar refractivity (Wildman–Crippen MR) is 81.8 cm³/mol. The van der Waals surface area contributed by atoms with Crippen LogP contribution < -0.4 is 0 Å². The van der Waals surface area contributed by atoms with Crippen LogP contribution in [-0.4, -0.2) is 4.98 Å². The van der Waals surface area contributed by atoms with Crippen LogP contribution in [0.1, 0.15) is 43.6 Å². The van der Waals surface area contributed by atoms with Crippen LogP contribution in [0.3, 0.4) is 0 Å². The second-order valence-corrected chi connectivity index (χ2v) is 5.27. The van der Waals surface area contributed by atoms with Gasteiger partial charge in [-0.2, -0.15) is 0 Å². The van der Waals surface area contributed by atoms with E-state index in [9.17, 15) is 4.39 Å². The summed E-state index contributed by atoms with van der Waals surface area (Å²) in [4.78, 5) is 4.60. The minimum atomic E-state index is -0.217. The number of hydrogen-bond acceptors (Lipinski definition) is 2. The van der Waals surface area contributed by atoms with Crippen molar-refractivity contribution in [1.82, 2.24) is 4.98 Å². The van der Waals surface area contributed by atoms with E-state index < -0.39 is 0 Å². The molecule has 0 saturated heterocycles. The standard InChI is InChI=1S/C18H18FNO/c1-2-3-6-15(13-9-11-14(19)12-10-13)18-20-16-7-4-5-8-17(16)21-18/h4-5,7-12,15H,2-3,6H2,1H3/t15-/m0/s1. The lowest BCUT2D eigenvalue weighted by molar-refractivity contribution is 0.476. The number of aromatic nitrogens is 1. The molecule has 0 N–H and O–H groups in total. The van der Waals surface area contributed by atoms with Gasteiger partial charge in [0.2, 0.25) is 5.89 Å². The monoisotopic (exact) mass is 283 g/mol. The zero-order chi connectivity index (χ0) is 14.7. The Bertz CT molecular complexity index is 684. The van der Waals surface area contributed by atoms with Crippen molar-refractivity contribution < 1.29 is 8.81 Å². The van der Waals surface area contributed by atoms with Crippen molar-refractivity contribution in [3.63, 3.8) is 0 Å². The van der Waals surface area contributed by atoms with Crippen molar-refractivity contribution in [3.8, 4) is 0 Å². The minimum Gasteiger partial charge on any atom is -0.440 e. The number of rotatable bonds is 5. The van der Waals surface area contributed by atoms with E-state index in [1.807, 2.05) is 36.4 Å². The number of benzene rings is 2. The van der Waals surface area contributed by atoms with Crippen LogP contribution in [-0.2, 0) is 0 Å². The smallest absolute Gasteiger partial charge is 0.203 e. The maximum atomic E-state index is 13.1. The number of nitrogens with zero attached hydrogens (tertiary/aromatic N) is 1. The molecule has 1 aromatic heterocycles. The van der Waals surface area contributed by atoms with E-state index in [-0.39, 0.29) is 11.7 Å². The molecule has 0 aliphatic carbocycles. The van der Waals surface area contributed by atoms with Gasteiger partial charge in [0.1, 0.15) is 11.3 Å². The van der Waals surface area contributed by atoms with E-state index >= 15 is 0 Å². The topological polar surface area (TPSA) is 26.0 Å². The van der Waals surface area contributed by atoms with Crippen molar-refractivity contribution in [1.29, 1.82) is 0 Å². The highest BCUT2D eigenvalue weighted by Crippen LogP contribution is 2.31. The van der Waals surface area contributed by atoms with E-state index in [1.54, 1.807) is 0 Å². The summed E-state index contributed by atoms with van der Waals surface area (Å²) in [6.07, 6.45) is 3.15. The van der Waals surface area contributed by atoms with Gasteiger partial charge >= 0.3 is 0 Å². The van der Waals surface area contributed by atoms with Gasteiger partial charge in [-0.25, -0.2) is 9.37 Å². The number of unbranched alkanes of at least 4 members (excludes halogenated alkanes) is 1. The Hall–Kier alpha value is -2.16. The molecule has 0 bridgehead atoms. The summed E-state index contributed by atoms with van der Waals surface area (Å²) >= 11 is 0. The first-order valence-corrected chi connectivity index (χ1v) is 7.39. The fourth-order valence-corrected chi connectivity index (χ4v) is 2.58. The van der Waals surface area contributed by atoms with Gasteiger partial charge in [0, 0.05) is 0 Å². The Morgan fingerprint density at radius 3 is 2.57 bits per heavy atom. The van der Waals surface area contributed by atoms with Gasteiger partial charge in [-0.1, -0.05) is 44.0 Å². The highest BCUT2D eigenvalue weighted by atomic mass is 19.1. The molecule has 0 spiro atoms. The van der Waals surface area contributed by atoms with Gasteiger partial charge in [-0.15, -0.1) is 0 Å². The second-order valence-electron chi connectivity index (χ2n) is 5.27. The van der Waals surface area contributed by atoms with Gasteiger partial charge in [0.15, 0.2) is 5.58 Å². The van der Waals surface area contributed by atoms with E-state index in [4.69, 9.17) is 4.42 Å². The van der Waals surface area contributed by atoms with Crippen LogP contribution in [0.2, 0.25) is 0 Å². The number of fused-ring (bicyclic) bond motifs is 1. The molecular weight excluding hydrogens is 265 g/mol. The summed E-state index contributed by atoms with van der Waals surface area (Å²) in [5, 5.41) is 0. The SMILES string of the molecule is CCCC[C@@H](c1ccc(F)cc1)c1nc2ccccc2o1. The van der Waals surface area contributed by atoms with Gasteiger partial charge in [-0.05, 0) is 36.2 Å². The Labute approximate surface area is 123 Å². The Morgan fingerprint density at radius 1 is 1.10 bits per heavy atom. The first kappa shape index (κ1) is 13.8. The maximum absolute atomic E-state index is 13.1. The largest absolute Gasteiger partial charge is 0.440 e. The second kappa shape index (κ2) is 6.08. The summed E-state index contributed by atoms with van der Waals surface area (Å²) in [6.45, 7) is 2.16. The Balaban J connectivity index is 1.99. The molecule has 0 saturated carbocycles. The fraction of sp³-hybridized carbons (Fsp3) is 0.278. The number of hydrogen-bond donors (Lipinski definition) is 0. The number of para-hydroxylation sites is 2. The average Bonchev–Trinajstić information content (AvgIpc) is 2.93. The third-order valence-electron chi connectivity index (χ3n) is 3.73. The van der Waals surface area contributed by atoms with Crippen LogP contribution in [0.25, 0.3) is 11.1 Å². The Morgan fingerprint density at radius 2 is 1.86 bits per heavy atom. The molecule has 1 heterocycles. The van der Waals surface area contributed by atoms with Crippen LogP contribution in [0, 0.1) is 5.82 Å². The highest BCUT2D eigenvalue weighted by molar-refractivity contribution is 5.72. The van der Waals surface area contributed by atoms with Crippen molar-refractivity contribution >= 4 is 11.1 Å². The van der Waals surface area contributed by atoms with Gasteiger partial charge in [-0.3, -0.25) is 0 Å². The molecule has 21 heavy (non-hydrogen) atoms. The number of oxazole rings is 1. The molecule has 0 amide bonds. The van der Waals surface area contributed by atoms with Gasteiger partial charge in [0.25, 0.3) is 0 Å². The van der Waals surface area contributed by atoms with Gasteiger partial charge < -0.3 is 4.42 Å². The van der Waals surface area contributed by atoms with E-state index in [2.05, 4.69) is 11.9 Å². The Kier molecular flexibility index (Phi) is 4.00. The minimum absolute atomic E-state index is 0.0814. The molecule has 0 unspecified atom stereocenters. The first-order chi connectivity index (χ1) is 10.3. The highest BCUT2D eigenvalue weighted by Gasteiger charge is 2.20. The third-order valence-corrected chi connectivity index (χ3v) is 3.73. The molecular formula is C18H18FNO. The molecule has 0 radical (unpaired) electrons. The van der Waals surface area contributed by atoms with Crippen molar-refractivity contribution in [3.05, 3.63) is 65.8 Å². The molecule has 1 atom stereocenters. The molecule has 3 rings (SSSR count). The van der Waals surface area contributed by atoms with Crippen LogP contribution in [0.15, 0.2) is 52.9 Å². The normalized spacial score (nSPS) is 12.7. The molecule has 3 heteroatoms. The van der Waals surface area contributed by atoms with E-state index in [0.717, 1.165) is 41.8 Å². The van der Waals surface area contributed by atoms with E-state index in [0.29, 0.717) is 0 Å². The summed E-state index contributed by atoms with van der Waals surface area (Å²) in [5.74, 6) is 0.583. The quantitative estimate of drug-likeness (QED) is 0.636. The van der Waals surface area contributed by atoms with E-state index in [1.165, 1.54) is 12.1 Å². The van der Waals surface area contributed by atoms with Gasteiger partial charge in [0.05, 0.1) is 5.92 Å². The van der Waals surface area contributed by atoms with Crippen molar-refractivity contribution in [2.75, 3.05) is 0 Å². The molecule has 108 valence electrons. The summed E-state index contributed by atoms with van der Waals surface area (Å²) in [7, 11) is 0.